The van der Waals surface area contributed by atoms with Gasteiger partial charge in [-0.05, 0) is 44.7 Å². The van der Waals surface area contributed by atoms with E-state index in [1.165, 1.54) is 30.6 Å². The van der Waals surface area contributed by atoms with Crippen LogP contribution in [-0.4, -0.2) is 37.9 Å². The Morgan fingerprint density at radius 2 is 1.88 bits per heavy atom. The number of aryl methyl sites for hydroxylation is 1. The topological polar surface area (TPSA) is 108 Å². The van der Waals surface area contributed by atoms with Crippen molar-refractivity contribution in [3.8, 4) is 17.1 Å². The number of aromatic nitrogens is 4. The molecule has 0 bridgehead atoms. The van der Waals surface area contributed by atoms with Crippen LogP contribution in [0.5, 0.6) is 5.75 Å². The number of nitrogens with two attached hydrogens (primary N) is 2. The van der Waals surface area contributed by atoms with Gasteiger partial charge >= 0.3 is 0 Å². The van der Waals surface area contributed by atoms with Crippen LogP contribution in [0.25, 0.3) is 17.1 Å². The lowest BCUT2D eigenvalue weighted by Gasteiger charge is -2.24. The largest absolute Gasteiger partial charge is 0.489 e. The third-order valence-electron chi connectivity index (χ3n) is 5.84. The van der Waals surface area contributed by atoms with Crippen molar-refractivity contribution in [3.05, 3.63) is 65.9 Å². The molecular weight excluding hydrogens is 402 g/mol. The van der Waals surface area contributed by atoms with Crippen LogP contribution in [0.15, 0.2) is 54.5 Å². The van der Waals surface area contributed by atoms with E-state index in [-0.39, 0.29) is 6.10 Å². The molecule has 2 heterocycles. The van der Waals surface area contributed by atoms with Gasteiger partial charge in [-0.1, -0.05) is 36.8 Å². The minimum atomic E-state index is 0.275. The zero-order valence-electron chi connectivity index (χ0n) is 18.7. The van der Waals surface area contributed by atoms with E-state index in [4.69, 9.17) is 21.3 Å². The number of nitrogens with zero attached hydrogens (tertiary/aromatic N) is 5. The highest BCUT2D eigenvalue weighted by atomic mass is 16.5. The molecule has 8 nitrogen and oxygen atoms in total. The van der Waals surface area contributed by atoms with Crippen molar-refractivity contribution in [1.82, 2.24) is 24.8 Å². The molecule has 4 N–H and O–H groups in total. The quantitative estimate of drug-likeness (QED) is 0.434. The Balaban J connectivity index is 1.59. The smallest absolute Gasteiger partial charge is 0.158 e. The van der Waals surface area contributed by atoms with E-state index in [1.807, 2.05) is 49.4 Å². The van der Waals surface area contributed by atoms with Crippen molar-refractivity contribution >= 4 is 5.70 Å². The van der Waals surface area contributed by atoms with Gasteiger partial charge in [-0.2, -0.15) is 5.10 Å². The van der Waals surface area contributed by atoms with E-state index in [1.54, 1.807) is 11.7 Å². The summed E-state index contributed by atoms with van der Waals surface area (Å²) in [4.78, 5) is 9.13. The second kappa shape index (κ2) is 9.82. The number of benzene rings is 1. The fourth-order valence-corrected chi connectivity index (χ4v) is 4.05. The number of hydrazine groups is 1. The first-order valence-corrected chi connectivity index (χ1v) is 11.1. The molecule has 1 aliphatic rings. The number of allylic oxidation sites excluding steroid dienone is 1. The Labute approximate surface area is 188 Å². The molecular formula is C24H31N7O. The van der Waals surface area contributed by atoms with Crippen molar-refractivity contribution in [3.63, 3.8) is 0 Å². The van der Waals surface area contributed by atoms with E-state index >= 15 is 0 Å². The molecule has 8 heteroatoms. The third-order valence-corrected chi connectivity index (χ3v) is 5.84. The molecule has 0 amide bonds. The van der Waals surface area contributed by atoms with E-state index < -0.39 is 0 Å². The van der Waals surface area contributed by atoms with Gasteiger partial charge in [-0.25, -0.2) is 20.5 Å². The predicted octanol–water partition coefficient (Wildman–Crippen LogP) is 3.49. The average Bonchev–Trinajstić information content (AvgIpc) is 3.28. The van der Waals surface area contributed by atoms with Crippen LogP contribution < -0.4 is 16.3 Å². The summed E-state index contributed by atoms with van der Waals surface area (Å²) in [5.41, 5.74) is 10.2. The number of likely N-dealkylation sites (N-methyl/N-ethyl adjacent to an activating group) is 1. The summed E-state index contributed by atoms with van der Waals surface area (Å²) < 4.78 is 7.99. The predicted molar refractivity (Wildman–Crippen MR) is 125 cm³/mol. The molecule has 0 aliphatic heterocycles. The highest BCUT2D eigenvalue weighted by Crippen LogP contribution is 2.27. The fraction of sp³-hybridized carbons (Fsp3) is 0.375. The van der Waals surface area contributed by atoms with Crippen LogP contribution in [0.4, 0.5) is 0 Å². The fourth-order valence-electron chi connectivity index (χ4n) is 4.05. The minimum absolute atomic E-state index is 0.275. The maximum absolute atomic E-state index is 6.54. The van der Waals surface area contributed by atoms with Crippen molar-refractivity contribution < 1.29 is 4.74 Å². The molecule has 0 radical (unpaired) electrons. The summed E-state index contributed by atoms with van der Waals surface area (Å²) in [6, 6.07) is 13.7. The number of ether oxygens (including phenoxy) is 1. The molecule has 0 atom stereocenters. The zero-order chi connectivity index (χ0) is 22.5. The lowest BCUT2D eigenvalue weighted by atomic mass is 9.98. The molecule has 0 unspecified atom stereocenters. The van der Waals surface area contributed by atoms with Crippen molar-refractivity contribution in [2.45, 2.75) is 51.7 Å². The van der Waals surface area contributed by atoms with Crippen molar-refractivity contribution in [2.75, 3.05) is 7.05 Å². The molecule has 1 aromatic carbocycles. The molecule has 1 saturated carbocycles. The maximum Gasteiger partial charge on any atom is 0.158 e. The van der Waals surface area contributed by atoms with Gasteiger partial charge in [0, 0.05) is 12.6 Å². The standard InChI is InChI=1S/C24H31N7O/c1-17-22(32-19-11-7-4-8-12-19)14-13-20(29-17)23(25)21(30(2)26)15-31-24(27-16-28-31)18-9-5-3-6-10-18/h3,5-6,9-10,13-14,16,19H,4,7-8,11-12,15,25-26H2,1-2H3/b23-21-. The highest BCUT2D eigenvalue weighted by Gasteiger charge is 2.18. The van der Waals surface area contributed by atoms with Crippen molar-refractivity contribution in [2.24, 2.45) is 11.6 Å². The molecule has 1 aliphatic carbocycles. The lowest BCUT2D eigenvalue weighted by Crippen LogP contribution is -2.31. The SMILES string of the molecule is Cc1nc(/C(N)=C(\Cn2ncnc2-c2ccccc2)N(C)N)ccc1OC1CCCCC1. The van der Waals surface area contributed by atoms with Gasteiger partial charge in [0.2, 0.25) is 0 Å². The minimum Gasteiger partial charge on any atom is -0.489 e. The maximum atomic E-state index is 6.54. The van der Waals surface area contributed by atoms with Crippen LogP contribution in [0, 0.1) is 6.92 Å². The molecule has 2 aromatic heterocycles. The number of hydrogen-bond acceptors (Lipinski definition) is 7. The third kappa shape index (κ3) is 4.91. The number of pyridine rings is 1. The normalized spacial score (nSPS) is 15.3. The monoisotopic (exact) mass is 433 g/mol. The van der Waals surface area contributed by atoms with Gasteiger partial charge in [0.05, 0.1) is 35.4 Å². The summed E-state index contributed by atoms with van der Waals surface area (Å²) in [5.74, 6) is 7.72. The van der Waals surface area contributed by atoms with Crippen LogP contribution in [0.2, 0.25) is 0 Å². The Bertz CT molecular complexity index is 1070. The van der Waals surface area contributed by atoms with Gasteiger partial charge in [0.1, 0.15) is 12.1 Å². The Hall–Kier alpha value is -3.39. The molecule has 3 aromatic rings. The second-order valence-corrected chi connectivity index (χ2v) is 8.24. The van der Waals surface area contributed by atoms with E-state index in [9.17, 15) is 0 Å². The summed E-state index contributed by atoms with van der Waals surface area (Å²) in [6.07, 6.45) is 7.77. The molecule has 0 saturated heterocycles. The average molecular weight is 434 g/mol. The van der Waals surface area contributed by atoms with E-state index in [0.29, 0.717) is 23.6 Å². The van der Waals surface area contributed by atoms with Crippen LogP contribution in [0.3, 0.4) is 0 Å². The zero-order valence-corrected chi connectivity index (χ0v) is 18.7. The van der Waals surface area contributed by atoms with Gasteiger partial charge in [0.25, 0.3) is 0 Å². The molecule has 168 valence electrons. The Morgan fingerprint density at radius 1 is 1.12 bits per heavy atom. The molecule has 4 rings (SSSR count). The highest BCUT2D eigenvalue weighted by molar-refractivity contribution is 5.63. The van der Waals surface area contributed by atoms with Gasteiger partial charge < -0.3 is 15.5 Å². The number of hydrogen-bond donors (Lipinski definition) is 2. The van der Waals surface area contributed by atoms with Crippen LogP contribution in [0.1, 0.15) is 43.5 Å². The number of rotatable bonds is 7. The Kier molecular flexibility index (Phi) is 6.70. The van der Waals surface area contributed by atoms with E-state index in [2.05, 4.69) is 10.1 Å². The first-order valence-electron chi connectivity index (χ1n) is 11.1. The lowest BCUT2D eigenvalue weighted by molar-refractivity contribution is 0.153. The first-order chi connectivity index (χ1) is 15.5. The second-order valence-electron chi connectivity index (χ2n) is 8.24. The van der Waals surface area contributed by atoms with Gasteiger partial charge in [-0.3, -0.25) is 0 Å². The van der Waals surface area contributed by atoms with Crippen LogP contribution >= 0.6 is 0 Å². The van der Waals surface area contributed by atoms with Gasteiger partial charge in [0.15, 0.2) is 5.82 Å². The van der Waals surface area contributed by atoms with Crippen LogP contribution in [-0.2, 0) is 6.54 Å². The Morgan fingerprint density at radius 3 is 2.56 bits per heavy atom. The summed E-state index contributed by atoms with van der Waals surface area (Å²) in [7, 11) is 1.76. The molecule has 0 spiro atoms. The van der Waals surface area contributed by atoms with E-state index in [0.717, 1.165) is 35.7 Å². The van der Waals surface area contributed by atoms with Gasteiger partial charge in [-0.15, -0.1) is 0 Å². The summed E-state index contributed by atoms with van der Waals surface area (Å²) in [6.45, 7) is 2.32. The molecule has 1 fully saturated rings. The summed E-state index contributed by atoms with van der Waals surface area (Å²) in [5, 5.41) is 5.89. The first kappa shape index (κ1) is 21.8. The van der Waals surface area contributed by atoms with Crippen molar-refractivity contribution in [1.29, 1.82) is 0 Å². The summed E-state index contributed by atoms with van der Waals surface area (Å²) >= 11 is 0. The molecule has 32 heavy (non-hydrogen) atoms.